The molecule has 0 N–H and O–H groups in total. The van der Waals surface area contributed by atoms with Crippen LogP contribution in [0.3, 0.4) is 0 Å². The summed E-state index contributed by atoms with van der Waals surface area (Å²) >= 11 is 3.17. The predicted molar refractivity (Wildman–Crippen MR) is 86.2 cm³/mol. The molecule has 1 fully saturated rings. The second kappa shape index (κ2) is 5.60. The summed E-state index contributed by atoms with van der Waals surface area (Å²) < 4.78 is 24.5. The smallest absolute Gasteiger partial charge is 0.337 e. The Kier molecular flexibility index (Phi) is 3.65. The highest BCUT2D eigenvalue weighted by atomic mass is 79.9. The fourth-order valence-electron chi connectivity index (χ4n) is 3.53. The molecule has 0 radical (unpaired) electrons. The molecule has 3 atom stereocenters. The quantitative estimate of drug-likeness (QED) is 0.687. The van der Waals surface area contributed by atoms with Crippen molar-refractivity contribution in [2.24, 2.45) is 10.9 Å². The Morgan fingerprint density at radius 3 is 2.79 bits per heavy atom. The number of benzene rings is 1. The zero-order chi connectivity index (χ0) is 17.0. The number of nitrogens with zero attached hydrogens (tertiary/aromatic N) is 1. The molecule has 3 aliphatic heterocycles. The second-order valence-corrected chi connectivity index (χ2v) is 6.89. The molecule has 0 amide bonds. The summed E-state index contributed by atoms with van der Waals surface area (Å²) in [7, 11) is 0. The fourth-order valence-corrected chi connectivity index (χ4v) is 3.93. The molecule has 0 saturated carbocycles. The fraction of sp³-hybridized carbons (Fsp3) is 0.353. The van der Waals surface area contributed by atoms with Crippen LogP contribution in [0, 0.1) is 11.7 Å². The van der Waals surface area contributed by atoms with Crippen LogP contribution in [0.15, 0.2) is 38.9 Å². The van der Waals surface area contributed by atoms with E-state index in [9.17, 15) is 14.0 Å². The molecule has 3 unspecified atom stereocenters. The molecular formula is C17H13BrFNO4. The second-order valence-electron chi connectivity index (χ2n) is 6.04. The number of rotatable bonds is 1. The number of ketones is 1. The van der Waals surface area contributed by atoms with Crippen molar-refractivity contribution in [3.63, 3.8) is 0 Å². The van der Waals surface area contributed by atoms with Crippen molar-refractivity contribution in [3.8, 4) is 0 Å². The number of esters is 1. The topological polar surface area (TPSA) is 65.0 Å². The van der Waals surface area contributed by atoms with Gasteiger partial charge in [0.2, 0.25) is 0 Å². The van der Waals surface area contributed by atoms with E-state index in [1.807, 2.05) is 0 Å². The first-order valence-electron chi connectivity index (χ1n) is 7.55. The van der Waals surface area contributed by atoms with Gasteiger partial charge in [0.1, 0.15) is 18.5 Å². The first-order valence-corrected chi connectivity index (χ1v) is 8.34. The molecule has 7 heteroatoms. The summed E-state index contributed by atoms with van der Waals surface area (Å²) in [4.78, 5) is 29.3. The molecule has 0 aromatic heterocycles. The third kappa shape index (κ3) is 2.26. The summed E-state index contributed by atoms with van der Waals surface area (Å²) in [6.45, 7) is 1.97. The number of aliphatic imine (C=N–C) groups is 1. The minimum Gasteiger partial charge on any atom is -0.453 e. The van der Waals surface area contributed by atoms with Crippen molar-refractivity contribution in [1.82, 2.24) is 0 Å². The highest BCUT2D eigenvalue weighted by molar-refractivity contribution is 9.10. The van der Waals surface area contributed by atoms with Crippen LogP contribution in [-0.4, -0.2) is 36.8 Å². The number of hydrogen-bond acceptors (Lipinski definition) is 5. The molecule has 0 bridgehead atoms. The Hall–Kier alpha value is -1.86. The van der Waals surface area contributed by atoms with Gasteiger partial charge in [-0.15, -0.1) is 0 Å². The van der Waals surface area contributed by atoms with Crippen molar-refractivity contribution < 1.29 is 23.5 Å². The molecule has 0 aliphatic carbocycles. The number of carbonyl (C=O) groups is 2. The third-order valence-electron chi connectivity index (χ3n) is 4.58. The van der Waals surface area contributed by atoms with Gasteiger partial charge in [-0.2, -0.15) is 0 Å². The van der Waals surface area contributed by atoms with E-state index in [1.165, 1.54) is 6.07 Å². The van der Waals surface area contributed by atoms with Gasteiger partial charge in [-0.1, -0.05) is 6.07 Å². The molecule has 3 aliphatic rings. The summed E-state index contributed by atoms with van der Waals surface area (Å²) in [5.74, 6) is -2.11. The number of hydrogen-bond donors (Lipinski definition) is 0. The molecule has 24 heavy (non-hydrogen) atoms. The molecule has 0 spiro atoms. The number of Topliss-reactive ketones (excluding diaryl/α,β-unsaturated/α-hetero) is 1. The monoisotopic (exact) mass is 393 g/mol. The number of carbonyl (C=O) groups excluding carboxylic acids is 2. The number of fused-ring (bicyclic) bond motifs is 1. The minimum atomic E-state index is -0.576. The Bertz CT molecular complexity index is 832. The lowest BCUT2D eigenvalue weighted by Gasteiger charge is -2.34. The van der Waals surface area contributed by atoms with Gasteiger partial charge in [0, 0.05) is 5.92 Å². The normalized spacial score (nSPS) is 29.1. The van der Waals surface area contributed by atoms with Crippen LogP contribution in [-0.2, 0) is 19.1 Å². The van der Waals surface area contributed by atoms with Crippen molar-refractivity contribution in [3.05, 3.63) is 45.3 Å². The molecule has 1 saturated heterocycles. The molecule has 1 aromatic carbocycles. The van der Waals surface area contributed by atoms with Crippen LogP contribution < -0.4 is 0 Å². The standard InChI is InChI=1S/C17H13BrFNO4/c1-7-16-15(17(22)24-7)13(8-2-3-10(19)9(18)4-8)14-11(20-16)5-23-6-12(14)21/h2-4,7,13-14H,5-6H2,1H3. The first-order chi connectivity index (χ1) is 11.5. The van der Waals surface area contributed by atoms with Crippen LogP contribution in [0.25, 0.3) is 0 Å². The van der Waals surface area contributed by atoms with Crippen LogP contribution in [0.5, 0.6) is 0 Å². The third-order valence-corrected chi connectivity index (χ3v) is 5.18. The maximum atomic E-state index is 13.6. The van der Waals surface area contributed by atoms with E-state index in [1.54, 1.807) is 19.1 Å². The molecule has 4 rings (SSSR count). The van der Waals surface area contributed by atoms with E-state index in [0.717, 1.165) is 0 Å². The van der Waals surface area contributed by atoms with Gasteiger partial charge in [-0.05, 0) is 40.5 Å². The lowest BCUT2D eigenvalue weighted by molar-refractivity contribution is -0.139. The highest BCUT2D eigenvalue weighted by Crippen LogP contribution is 2.45. The zero-order valence-electron chi connectivity index (χ0n) is 12.7. The number of cyclic esters (lactones) is 1. The molecule has 3 heterocycles. The minimum absolute atomic E-state index is 0.0181. The average Bonchev–Trinajstić information content (AvgIpc) is 2.83. The van der Waals surface area contributed by atoms with Gasteiger partial charge in [-0.3, -0.25) is 9.79 Å². The number of halogens is 2. The first kappa shape index (κ1) is 15.7. The van der Waals surface area contributed by atoms with Crippen molar-refractivity contribution in [1.29, 1.82) is 0 Å². The Labute approximate surface area is 145 Å². The van der Waals surface area contributed by atoms with Gasteiger partial charge >= 0.3 is 5.97 Å². The highest BCUT2D eigenvalue weighted by Gasteiger charge is 2.48. The summed E-state index contributed by atoms with van der Waals surface area (Å²) in [6.07, 6.45) is -0.468. The van der Waals surface area contributed by atoms with Gasteiger partial charge in [0.25, 0.3) is 0 Å². The van der Waals surface area contributed by atoms with E-state index >= 15 is 0 Å². The Morgan fingerprint density at radius 1 is 1.25 bits per heavy atom. The maximum Gasteiger partial charge on any atom is 0.337 e. The Balaban J connectivity index is 1.92. The average molecular weight is 394 g/mol. The van der Waals surface area contributed by atoms with Gasteiger partial charge in [0.15, 0.2) is 5.78 Å². The number of ether oxygens (including phenoxy) is 2. The van der Waals surface area contributed by atoms with Crippen LogP contribution in [0.2, 0.25) is 0 Å². The summed E-state index contributed by atoms with van der Waals surface area (Å²) in [6, 6.07) is 4.52. The van der Waals surface area contributed by atoms with Crippen LogP contribution in [0.4, 0.5) is 4.39 Å². The van der Waals surface area contributed by atoms with E-state index in [2.05, 4.69) is 20.9 Å². The lowest BCUT2D eigenvalue weighted by atomic mass is 9.73. The predicted octanol–water partition coefficient (Wildman–Crippen LogP) is 2.54. The zero-order valence-corrected chi connectivity index (χ0v) is 14.3. The maximum absolute atomic E-state index is 13.6. The van der Waals surface area contributed by atoms with Gasteiger partial charge < -0.3 is 9.47 Å². The van der Waals surface area contributed by atoms with E-state index < -0.39 is 29.7 Å². The van der Waals surface area contributed by atoms with Gasteiger partial charge in [-0.25, -0.2) is 9.18 Å². The Morgan fingerprint density at radius 2 is 2.04 bits per heavy atom. The summed E-state index contributed by atoms with van der Waals surface area (Å²) in [5.41, 5.74) is 2.20. The van der Waals surface area contributed by atoms with Crippen molar-refractivity contribution in [2.45, 2.75) is 18.9 Å². The SMILES string of the molecule is CC1OC(=O)C2=C1N=C1COCC(=O)C1C2c1ccc(F)c(Br)c1. The largest absolute Gasteiger partial charge is 0.453 e. The molecule has 5 nitrogen and oxygen atoms in total. The van der Waals surface area contributed by atoms with Crippen LogP contribution in [0.1, 0.15) is 18.4 Å². The van der Waals surface area contributed by atoms with Crippen molar-refractivity contribution in [2.75, 3.05) is 13.2 Å². The lowest BCUT2D eigenvalue weighted by Crippen LogP contribution is -2.43. The molecular weight excluding hydrogens is 381 g/mol. The van der Waals surface area contributed by atoms with E-state index in [0.29, 0.717) is 22.5 Å². The van der Waals surface area contributed by atoms with E-state index in [4.69, 9.17) is 9.47 Å². The van der Waals surface area contributed by atoms with Crippen molar-refractivity contribution >= 4 is 33.4 Å². The van der Waals surface area contributed by atoms with Gasteiger partial charge in [0.05, 0.1) is 34.0 Å². The molecule has 124 valence electrons. The van der Waals surface area contributed by atoms with Crippen LogP contribution >= 0.6 is 15.9 Å². The summed E-state index contributed by atoms with van der Waals surface area (Å²) in [5, 5.41) is 0. The van der Waals surface area contributed by atoms with E-state index in [-0.39, 0.29) is 23.5 Å². The molecule has 1 aromatic rings.